The second-order valence-corrected chi connectivity index (χ2v) is 6.50. The first kappa shape index (κ1) is 20.1. The third-order valence-corrected chi connectivity index (χ3v) is 4.31. The summed E-state index contributed by atoms with van der Waals surface area (Å²) in [4.78, 5) is 11.9. The first-order chi connectivity index (χ1) is 11.0. The Morgan fingerprint density at radius 3 is 2.61 bits per heavy atom. The van der Waals surface area contributed by atoms with E-state index >= 15 is 0 Å². The van der Waals surface area contributed by atoms with Crippen molar-refractivity contribution in [3.05, 3.63) is 12.2 Å². The van der Waals surface area contributed by atoms with Gasteiger partial charge < -0.3 is 20.1 Å². The molecule has 1 rings (SSSR count). The molecule has 0 aromatic rings. The lowest BCUT2D eigenvalue weighted by Crippen LogP contribution is -2.29. The number of unbranched alkanes of at least 4 members (excludes halogenated alkanes) is 2. The lowest BCUT2D eigenvalue weighted by atomic mass is 9.99. The van der Waals surface area contributed by atoms with E-state index in [1.54, 1.807) is 0 Å². The normalized spacial score (nSPS) is 32.8. The van der Waals surface area contributed by atoms with E-state index < -0.39 is 24.3 Å². The molecule has 0 bridgehead atoms. The molecule has 0 saturated carbocycles. The Morgan fingerprint density at radius 1 is 1.13 bits per heavy atom. The van der Waals surface area contributed by atoms with Crippen LogP contribution in [-0.4, -0.2) is 45.7 Å². The fourth-order valence-corrected chi connectivity index (χ4v) is 2.86. The van der Waals surface area contributed by atoms with Crippen molar-refractivity contribution in [2.75, 3.05) is 0 Å². The summed E-state index contributed by atoms with van der Waals surface area (Å²) in [5.74, 6) is -0.477. The van der Waals surface area contributed by atoms with Crippen molar-refractivity contribution < 1.29 is 24.9 Å². The first-order valence-electron chi connectivity index (χ1n) is 8.96. The van der Waals surface area contributed by atoms with Gasteiger partial charge in [-0.05, 0) is 38.2 Å². The Hall–Kier alpha value is -0.910. The zero-order valence-corrected chi connectivity index (χ0v) is 14.2. The van der Waals surface area contributed by atoms with Crippen molar-refractivity contribution in [2.24, 2.45) is 0 Å². The molecule has 0 spiro atoms. The monoisotopic (exact) mass is 328 g/mol. The van der Waals surface area contributed by atoms with Crippen LogP contribution in [0.5, 0.6) is 0 Å². The molecule has 0 radical (unpaired) electrons. The van der Waals surface area contributed by atoms with Crippen LogP contribution in [0.4, 0.5) is 0 Å². The summed E-state index contributed by atoms with van der Waals surface area (Å²) in [6.07, 6.45) is 8.00. The summed E-state index contributed by atoms with van der Waals surface area (Å²) >= 11 is 0. The van der Waals surface area contributed by atoms with Crippen LogP contribution in [0.15, 0.2) is 12.2 Å². The lowest BCUT2D eigenvalue weighted by Gasteiger charge is -2.20. The molecule has 1 aliphatic heterocycles. The number of hydrogen-bond donors (Lipinski definition) is 3. The van der Waals surface area contributed by atoms with Gasteiger partial charge in [-0.3, -0.25) is 0 Å². The molecule has 3 N–H and O–H groups in total. The molecule has 1 heterocycles. The van der Waals surface area contributed by atoms with Gasteiger partial charge in [0.25, 0.3) is 0 Å². The van der Waals surface area contributed by atoms with Crippen LogP contribution in [0.25, 0.3) is 0 Å². The largest absolute Gasteiger partial charge is 0.459 e. The lowest BCUT2D eigenvalue weighted by molar-refractivity contribution is -0.143. The zero-order valence-electron chi connectivity index (χ0n) is 14.2. The number of ether oxygens (including phenoxy) is 1. The minimum atomic E-state index is -1.17. The molecule has 0 fully saturated rings. The average molecular weight is 328 g/mol. The number of cyclic esters (lactones) is 1. The quantitative estimate of drug-likeness (QED) is 0.545. The molecule has 134 valence electrons. The zero-order chi connectivity index (χ0) is 17.1. The summed E-state index contributed by atoms with van der Waals surface area (Å²) in [6.45, 7) is 2.14. The van der Waals surface area contributed by atoms with Crippen molar-refractivity contribution in [1.29, 1.82) is 0 Å². The third kappa shape index (κ3) is 9.08. The number of esters is 1. The van der Waals surface area contributed by atoms with Crippen LogP contribution >= 0.6 is 0 Å². The first-order valence-corrected chi connectivity index (χ1v) is 8.96. The van der Waals surface area contributed by atoms with E-state index in [4.69, 9.17) is 4.74 Å². The van der Waals surface area contributed by atoms with Crippen LogP contribution in [0.2, 0.25) is 0 Å². The number of rotatable bonds is 4. The maximum absolute atomic E-state index is 11.9. The van der Waals surface area contributed by atoms with Crippen molar-refractivity contribution in [1.82, 2.24) is 0 Å². The van der Waals surface area contributed by atoms with Gasteiger partial charge in [-0.2, -0.15) is 0 Å². The molecule has 0 aliphatic carbocycles. The van der Waals surface area contributed by atoms with E-state index in [0.717, 1.165) is 51.4 Å². The fourth-order valence-electron chi connectivity index (χ4n) is 2.86. The van der Waals surface area contributed by atoms with Crippen molar-refractivity contribution in [3.8, 4) is 0 Å². The number of hydrogen-bond acceptors (Lipinski definition) is 5. The van der Waals surface area contributed by atoms with E-state index in [9.17, 15) is 20.1 Å². The van der Waals surface area contributed by atoms with Crippen LogP contribution < -0.4 is 0 Å². The topological polar surface area (TPSA) is 87.0 Å². The molecular formula is C18H32O5. The van der Waals surface area contributed by atoms with Gasteiger partial charge >= 0.3 is 5.97 Å². The van der Waals surface area contributed by atoms with Crippen molar-refractivity contribution in [3.63, 3.8) is 0 Å². The minimum Gasteiger partial charge on any atom is -0.459 e. The molecule has 23 heavy (non-hydrogen) atoms. The van der Waals surface area contributed by atoms with Crippen LogP contribution in [0, 0.1) is 0 Å². The van der Waals surface area contributed by atoms with E-state index in [1.165, 1.54) is 12.2 Å². The summed E-state index contributed by atoms with van der Waals surface area (Å²) in [5, 5.41) is 29.5. The average Bonchev–Trinajstić information content (AvgIpc) is 2.51. The SMILES string of the molecule is CCCCC[C@@H]1CCCCC[C@H](O)C[C@@H](O)[C@H](O)/C=C/C(=O)O1. The molecule has 0 saturated heterocycles. The number of aliphatic hydroxyl groups is 3. The van der Waals surface area contributed by atoms with Gasteiger partial charge in [0.15, 0.2) is 0 Å². The van der Waals surface area contributed by atoms with E-state index in [1.807, 2.05) is 0 Å². The Kier molecular flexibility index (Phi) is 10.2. The molecule has 0 aromatic carbocycles. The van der Waals surface area contributed by atoms with Gasteiger partial charge in [-0.1, -0.05) is 32.6 Å². The molecule has 5 nitrogen and oxygen atoms in total. The maximum atomic E-state index is 11.9. The highest BCUT2D eigenvalue weighted by Crippen LogP contribution is 2.18. The summed E-state index contributed by atoms with van der Waals surface area (Å²) < 4.78 is 5.48. The van der Waals surface area contributed by atoms with E-state index in [2.05, 4.69) is 6.92 Å². The minimum absolute atomic E-state index is 0.0892. The number of carbonyl (C=O) groups excluding carboxylic acids is 1. The smallest absolute Gasteiger partial charge is 0.330 e. The number of aliphatic hydroxyl groups excluding tert-OH is 3. The summed E-state index contributed by atoms with van der Waals surface area (Å²) in [5.41, 5.74) is 0. The highest BCUT2D eigenvalue weighted by atomic mass is 16.5. The van der Waals surface area contributed by atoms with Crippen LogP contribution in [0.3, 0.4) is 0 Å². The standard InChI is InChI=1S/C18H32O5/c1-2-3-5-9-15-10-7-4-6-8-14(19)13-17(21)16(20)11-12-18(22)23-15/h11-12,14-17,19-21H,2-10,13H2,1H3/b12-11+/t14-,15+,16+,17+/m0/s1. The van der Waals surface area contributed by atoms with Crippen LogP contribution in [0.1, 0.15) is 71.1 Å². The van der Waals surface area contributed by atoms with Gasteiger partial charge in [0.2, 0.25) is 0 Å². The predicted octanol–water partition coefficient (Wildman–Crippen LogP) is 2.47. The molecule has 0 unspecified atom stereocenters. The molecular weight excluding hydrogens is 296 g/mol. The van der Waals surface area contributed by atoms with Gasteiger partial charge in [-0.15, -0.1) is 0 Å². The fraction of sp³-hybridized carbons (Fsp3) is 0.833. The predicted molar refractivity (Wildman–Crippen MR) is 88.9 cm³/mol. The molecule has 0 aromatic heterocycles. The molecule has 5 heteroatoms. The second kappa shape index (κ2) is 11.6. The highest BCUT2D eigenvalue weighted by molar-refractivity contribution is 5.82. The Labute approximate surface area is 139 Å². The van der Waals surface area contributed by atoms with Crippen molar-refractivity contribution in [2.45, 2.75) is 95.5 Å². The van der Waals surface area contributed by atoms with E-state index in [-0.39, 0.29) is 12.5 Å². The van der Waals surface area contributed by atoms with Crippen LogP contribution in [-0.2, 0) is 9.53 Å². The van der Waals surface area contributed by atoms with Gasteiger partial charge in [0.05, 0.1) is 18.3 Å². The third-order valence-electron chi connectivity index (χ3n) is 4.31. The highest BCUT2D eigenvalue weighted by Gasteiger charge is 2.19. The summed E-state index contributed by atoms with van der Waals surface area (Å²) in [6, 6.07) is 0. The van der Waals surface area contributed by atoms with Gasteiger partial charge in [0, 0.05) is 12.5 Å². The van der Waals surface area contributed by atoms with Gasteiger partial charge in [-0.25, -0.2) is 4.79 Å². The molecule has 1 aliphatic rings. The Bertz CT molecular complexity index is 355. The van der Waals surface area contributed by atoms with E-state index in [0.29, 0.717) is 6.42 Å². The molecule has 4 atom stereocenters. The Morgan fingerprint density at radius 2 is 1.87 bits per heavy atom. The summed E-state index contributed by atoms with van der Waals surface area (Å²) in [7, 11) is 0. The van der Waals surface area contributed by atoms with Gasteiger partial charge in [0.1, 0.15) is 6.10 Å². The molecule has 0 amide bonds. The van der Waals surface area contributed by atoms with Crippen molar-refractivity contribution >= 4 is 5.97 Å². The second-order valence-electron chi connectivity index (χ2n) is 6.50. The Balaban J connectivity index is 2.63. The number of carbonyl (C=O) groups is 1. The maximum Gasteiger partial charge on any atom is 0.330 e.